The normalized spacial score (nSPS) is 21.2. The van der Waals surface area contributed by atoms with Gasteiger partial charge in [0.2, 0.25) is 0 Å². The van der Waals surface area contributed by atoms with Crippen molar-refractivity contribution in [3.8, 4) is 0 Å². The fraction of sp³-hybridized carbons (Fsp3) is 0.611. The van der Waals surface area contributed by atoms with E-state index in [1.54, 1.807) is 11.9 Å². The second-order valence-corrected chi connectivity index (χ2v) is 6.71. The molecule has 0 aromatic carbocycles. The van der Waals surface area contributed by atoms with Gasteiger partial charge in [0.25, 0.3) is 0 Å². The maximum atomic E-state index is 5.72. The van der Waals surface area contributed by atoms with Crippen molar-refractivity contribution in [1.82, 2.24) is 19.5 Å². The SMILES string of the molecule is C1=C(CCNc2ncnc3c2ncn3CC2CCCO2)CCCC1. The van der Waals surface area contributed by atoms with Crippen LogP contribution in [0, 0.1) is 0 Å². The molecule has 2 aliphatic rings. The molecule has 3 heterocycles. The molecule has 2 aromatic heterocycles. The zero-order chi connectivity index (χ0) is 16.2. The highest BCUT2D eigenvalue weighted by Gasteiger charge is 2.18. The molecule has 1 aliphatic carbocycles. The predicted molar refractivity (Wildman–Crippen MR) is 94.0 cm³/mol. The molecule has 1 atom stereocenters. The molecular weight excluding hydrogens is 302 g/mol. The maximum absolute atomic E-state index is 5.72. The van der Waals surface area contributed by atoms with Crippen molar-refractivity contribution >= 4 is 17.0 Å². The molecule has 6 nitrogen and oxygen atoms in total. The Bertz CT molecular complexity index is 717. The van der Waals surface area contributed by atoms with Crippen LogP contribution in [0.4, 0.5) is 5.82 Å². The molecule has 6 heteroatoms. The Balaban J connectivity index is 1.43. The van der Waals surface area contributed by atoms with Crippen LogP contribution in [0.25, 0.3) is 11.2 Å². The standard InChI is InChI=1S/C18H25N5O/c1-2-5-14(6-3-1)8-9-19-17-16-18(21-12-20-17)23(13-22-16)11-15-7-4-10-24-15/h5,12-13,15H,1-4,6-11H2,(H,19,20,21). The number of fused-ring (bicyclic) bond motifs is 1. The number of nitrogens with zero attached hydrogens (tertiary/aromatic N) is 4. The van der Waals surface area contributed by atoms with E-state index >= 15 is 0 Å². The van der Waals surface area contributed by atoms with Gasteiger partial charge in [0, 0.05) is 13.2 Å². The quantitative estimate of drug-likeness (QED) is 0.825. The van der Waals surface area contributed by atoms with Crippen LogP contribution >= 0.6 is 0 Å². The number of nitrogens with one attached hydrogen (secondary N) is 1. The van der Waals surface area contributed by atoms with Crippen LogP contribution in [-0.2, 0) is 11.3 Å². The minimum atomic E-state index is 0.284. The molecule has 0 amide bonds. The molecule has 1 fully saturated rings. The largest absolute Gasteiger partial charge is 0.376 e. The van der Waals surface area contributed by atoms with E-state index < -0.39 is 0 Å². The molecule has 0 saturated carbocycles. The molecular formula is C18H25N5O. The Morgan fingerprint density at radius 1 is 1.21 bits per heavy atom. The smallest absolute Gasteiger partial charge is 0.165 e. The first-order chi connectivity index (χ1) is 11.9. The summed E-state index contributed by atoms with van der Waals surface area (Å²) in [5.41, 5.74) is 3.32. The molecule has 24 heavy (non-hydrogen) atoms. The molecule has 2 aromatic rings. The maximum Gasteiger partial charge on any atom is 0.165 e. The summed E-state index contributed by atoms with van der Waals surface area (Å²) < 4.78 is 7.81. The lowest BCUT2D eigenvalue weighted by molar-refractivity contribution is 0.0978. The third-order valence-electron chi connectivity index (χ3n) is 4.95. The molecule has 1 unspecified atom stereocenters. The zero-order valence-corrected chi connectivity index (χ0v) is 14.1. The third kappa shape index (κ3) is 3.43. The number of allylic oxidation sites excluding steroid dienone is 1. The number of anilines is 1. The van der Waals surface area contributed by atoms with Crippen molar-refractivity contribution in [3.05, 3.63) is 24.3 Å². The second-order valence-electron chi connectivity index (χ2n) is 6.71. The number of imidazole rings is 1. The first kappa shape index (κ1) is 15.6. The van der Waals surface area contributed by atoms with Gasteiger partial charge in [0.15, 0.2) is 11.5 Å². The highest BCUT2D eigenvalue weighted by atomic mass is 16.5. The summed E-state index contributed by atoms with van der Waals surface area (Å²) in [6.07, 6.45) is 14.7. The average Bonchev–Trinajstić information content (AvgIpc) is 3.27. The van der Waals surface area contributed by atoms with E-state index in [2.05, 4.69) is 30.9 Å². The van der Waals surface area contributed by atoms with Crippen molar-refractivity contribution in [2.75, 3.05) is 18.5 Å². The van der Waals surface area contributed by atoms with Gasteiger partial charge in [-0.05, 0) is 44.9 Å². The van der Waals surface area contributed by atoms with Gasteiger partial charge in [-0.1, -0.05) is 11.6 Å². The highest BCUT2D eigenvalue weighted by molar-refractivity contribution is 5.82. The van der Waals surface area contributed by atoms with Crippen LogP contribution in [0.1, 0.15) is 44.9 Å². The zero-order valence-electron chi connectivity index (χ0n) is 14.1. The van der Waals surface area contributed by atoms with Crippen molar-refractivity contribution in [1.29, 1.82) is 0 Å². The number of hydrogen-bond acceptors (Lipinski definition) is 5. The first-order valence-electron chi connectivity index (χ1n) is 9.09. The van der Waals surface area contributed by atoms with E-state index in [0.717, 1.165) is 55.9 Å². The lowest BCUT2D eigenvalue weighted by Crippen LogP contribution is -2.14. The van der Waals surface area contributed by atoms with Gasteiger partial charge >= 0.3 is 0 Å². The molecule has 0 spiro atoms. The van der Waals surface area contributed by atoms with Gasteiger partial charge in [0.05, 0.1) is 19.0 Å². The molecule has 1 N–H and O–H groups in total. The summed E-state index contributed by atoms with van der Waals surface area (Å²) >= 11 is 0. The topological polar surface area (TPSA) is 64.9 Å². The Morgan fingerprint density at radius 3 is 3.04 bits per heavy atom. The third-order valence-corrected chi connectivity index (χ3v) is 4.95. The second kappa shape index (κ2) is 7.30. The fourth-order valence-corrected chi connectivity index (χ4v) is 3.62. The summed E-state index contributed by atoms with van der Waals surface area (Å²) in [6, 6.07) is 0. The summed E-state index contributed by atoms with van der Waals surface area (Å²) in [5, 5.41) is 3.44. The minimum Gasteiger partial charge on any atom is -0.376 e. The Kier molecular flexibility index (Phi) is 4.74. The number of hydrogen-bond donors (Lipinski definition) is 1. The number of ether oxygens (including phenoxy) is 1. The van der Waals surface area contributed by atoms with Crippen molar-refractivity contribution in [3.63, 3.8) is 0 Å². The van der Waals surface area contributed by atoms with E-state index in [4.69, 9.17) is 4.74 Å². The van der Waals surface area contributed by atoms with Crippen LogP contribution in [0.2, 0.25) is 0 Å². The summed E-state index contributed by atoms with van der Waals surface area (Å²) in [7, 11) is 0. The molecule has 0 radical (unpaired) electrons. The van der Waals surface area contributed by atoms with Gasteiger partial charge in [-0.2, -0.15) is 0 Å². The molecule has 4 rings (SSSR count). The Hall–Kier alpha value is -1.95. The molecule has 1 saturated heterocycles. The number of rotatable bonds is 6. The Morgan fingerprint density at radius 2 is 2.21 bits per heavy atom. The van der Waals surface area contributed by atoms with Crippen LogP contribution in [0.15, 0.2) is 24.3 Å². The van der Waals surface area contributed by atoms with Crippen LogP contribution in [-0.4, -0.2) is 38.8 Å². The average molecular weight is 327 g/mol. The van der Waals surface area contributed by atoms with Crippen molar-refractivity contribution < 1.29 is 4.74 Å². The van der Waals surface area contributed by atoms with Crippen molar-refractivity contribution in [2.24, 2.45) is 0 Å². The summed E-state index contributed by atoms with van der Waals surface area (Å²) in [5.74, 6) is 0.836. The van der Waals surface area contributed by atoms with E-state index in [1.165, 1.54) is 25.7 Å². The van der Waals surface area contributed by atoms with E-state index in [0.29, 0.717) is 0 Å². The van der Waals surface area contributed by atoms with Gasteiger partial charge in [0.1, 0.15) is 11.8 Å². The van der Waals surface area contributed by atoms with Crippen molar-refractivity contribution in [2.45, 2.75) is 57.6 Å². The number of aromatic nitrogens is 4. The van der Waals surface area contributed by atoms with Crippen LogP contribution < -0.4 is 5.32 Å². The van der Waals surface area contributed by atoms with Gasteiger partial charge in [-0.15, -0.1) is 0 Å². The van der Waals surface area contributed by atoms with Crippen LogP contribution in [0.3, 0.4) is 0 Å². The lowest BCUT2D eigenvalue weighted by atomic mass is 9.97. The monoisotopic (exact) mass is 327 g/mol. The fourth-order valence-electron chi connectivity index (χ4n) is 3.62. The van der Waals surface area contributed by atoms with E-state index in [1.807, 2.05) is 6.33 Å². The summed E-state index contributed by atoms with van der Waals surface area (Å²) in [6.45, 7) is 2.59. The first-order valence-corrected chi connectivity index (χ1v) is 9.09. The van der Waals surface area contributed by atoms with Gasteiger partial charge in [-0.25, -0.2) is 15.0 Å². The van der Waals surface area contributed by atoms with Gasteiger partial charge in [-0.3, -0.25) is 0 Å². The minimum absolute atomic E-state index is 0.284. The van der Waals surface area contributed by atoms with Crippen LogP contribution in [0.5, 0.6) is 0 Å². The Labute approximate surface area is 142 Å². The van der Waals surface area contributed by atoms with E-state index in [9.17, 15) is 0 Å². The molecule has 1 aliphatic heterocycles. The molecule has 128 valence electrons. The lowest BCUT2D eigenvalue weighted by Gasteiger charge is -2.13. The van der Waals surface area contributed by atoms with Gasteiger partial charge < -0.3 is 14.6 Å². The predicted octanol–water partition coefficient (Wildman–Crippen LogP) is 3.31. The highest BCUT2D eigenvalue weighted by Crippen LogP contribution is 2.22. The van der Waals surface area contributed by atoms with E-state index in [-0.39, 0.29) is 6.10 Å². The molecule has 0 bridgehead atoms. The summed E-state index contributed by atoms with van der Waals surface area (Å²) in [4.78, 5) is 13.3.